The van der Waals surface area contributed by atoms with E-state index in [0.717, 1.165) is 6.54 Å². The zero-order valence-corrected chi connectivity index (χ0v) is 12.4. The topological polar surface area (TPSA) is 15.3 Å². The van der Waals surface area contributed by atoms with Crippen LogP contribution in [-0.2, 0) is 5.92 Å². The first-order chi connectivity index (χ1) is 9.40. The van der Waals surface area contributed by atoms with Gasteiger partial charge in [-0.25, -0.2) is 0 Å². The van der Waals surface area contributed by atoms with Crippen molar-refractivity contribution in [3.8, 4) is 0 Å². The first-order valence-corrected chi connectivity index (χ1v) is 7.31. The van der Waals surface area contributed by atoms with Crippen LogP contribution >= 0.6 is 0 Å². The van der Waals surface area contributed by atoms with Gasteiger partial charge in [-0.05, 0) is 12.8 Å². The highest BCUT2D eigenvalue weighted by molar-refractivity contribution is 5.20. The predicted molar refractivity (Wildman–Crippen MR) is 78.0 cm³/mol. The van der Waals surface area contributed by atoms with Gasteiger partial charge < -0.3 is 5.32 Å². The summed E-state index contributed by atoms with van der Waals surface area (Å²) in [5, 5.41) is 3.44. The normalized spacial score (nSPS) is 25.1. The molecule has 2 unspecified atom stereocenters. The van der Waals surface area contributed by atoms with Crippen molar-refractivity contribution >= 4 is 0 Å². The summed E-state index contributed by atoms with van der Waals surface area (Å²) in [6.07, 6.45) is 0. The van der Waals surface area contributed by atoms with Gasteiger partial charge in [-0.15, -0.1) is 0 Å². The van der Waals surface area contributed by atoms with E-state index >= 15 is 0 Å². The minimum atomic E-state index is -2.80. The number of halogens is 2. The third kappa shape index (κ3) is 3.55. The van der Waals surface area contributed by atoms with E-state index in [1.165, 1.54) is 12.1 Å². The van der Waals surface area contributed by atoms with E-state index < -0.39 is 5.92 Å². The molecule has 0 spiro atoms. The van der Waals surface area contributed by atoms with Crippen LogP contribution in [0.4, 0.5) is 8.78 Å². The lowest BCUT2D eigenvalue weighted by molar-refractivity contribution is -0.0559. The van der Waals surface area contributed by atoms with E-state index in [-0.39, 0.29) is 24.2 Å². The lowest BCUT2D eigenvalue weighted by Gasteiger charge is -2.41. The lowest BCUT2D eigenvalue weighted by Crippen LogP contribution is -2.58. The Morgan fingerprint density at radius 1 is 1.30 bits per heavy atom. The lowest BCUT2D eigenvalue weighted by atomic mass is 9.98. The van der Waals surface area contributed by atoms with E-state index in [4.69, 9.17) is 0 Å². The van der Waals surface area contributed by atoms with Crippen molar-refractivity contribution in [3.63, 3.8) is 0 Å². The molecule has 0 radical (unpaired) electrons. The van der Waals surface area contributed by atoms with Gasteiger partial charge in [0.1, 0.15) is 0 Å². The monoisotopic (exact) mass is 282 g/mol. The van der Waals surface area contributed by atoms with Gasteiger partial charge in [0, 0.05) is 30.7 Å². The number of piperazine rings is 1. The van der Waals surface area contributed by atoms with Crippen molar-refractivity contribution in [2.24, 2.45) is 5.92 Å². The second-order valence-electron chi connectivity index (χ2n) is 6.11. The van der Waals surface area contributed by atoms with Crippen LogP contribution in [0, 0.1) is 5.92 Å². The van der Waals surface area contributed by atoms with Crippen LogP contribution in [0.5, 0.6) is 0 Å². The molecule has 1 aliphatic rings. The zero-order valence-electron chi connectivity index (χ0n) is 12.4. The molecule has 1 aromatic carbocycles. The van der Waals surface area contributed by atoms with Crippen molar-refractivity contribution in [1.29, 1.82) is 0 Å². The third-order valence-corrected chi connectivity index (χ3v) is 4.13. The molecule has 20 heavy (non-hydrogen) atoms. The highest BCUT2D eigenvalue weighted by atomic mass is 19.3. The summed E-state index contributed by atoms with van der Waals surface area (Å²) in [6.45, 7) is 7.50. The van der Waals surface area contributed by atoms with Crippen LogP contribution in [0.1, 0.15) is 26.3 Å². The average molecular weight is 282 g/mol. The van der Waals surface area contributed by atoms with Gasteiger partial charge in [-0.3, -0.25) is 4.90 Å². The summed E-state index contributed by atoms with van der Waals surface area (Å²) in [6, 6.07) is 8.54. The summed E-state index contributed by atoms with van der Waals surface area (Å²) in [5.74, 6) is -2.34. The van der Waals surface area contributed by atoms with E-state index in [2.05, 4.69) is 19.2 Å². The predicted octanol–water partition coefficient (Wildman–Crippen LogP) is 3.10. The van der Waals surface area contributed by atoms with E-state index in [0.29, 0.717) is 12.5 Å². The minimum absolute atomic E-state index is 0.104. The summed E-state index contributed by atoms with van der Waals surface area (Å²) in [4.78, 5) is 1.91. The van der Waals surface area contributed by atoms with E-state index in [1.54, 1.807) is 18.2 Å². The fourth-order valence-electron chi connectivity index (χ4n) is 2.64. The highest BCUT2D eigenvalue weighted by Crippen LogP contribution is 2.30. The third-order valence-electron chi connectivity index (χ3n) is 4.13. The quantitative estimate of drug-likeness (QED) is 0.913. The largest absolute Gasteiger partial charge is 0.311 e. The molecule has 0 aliphatic carbocycles. The SMILES string of the molecule is CC(C)C1CN(CC(F)(F)c2ccccc2)C(C)CN1. The zero-order chi connectivity index (χ0) is 14.8. The summed E-state index contributed by atoms with van der Waals surface area (Å²) in [5.41, 5.74) is 0.104. The van der Waals surface area contributed by atoms with Gasteiger partial charge in [-0.1, -0.05) is 44.2 Å². The number of hydrogen-bond donors (Lipinski definition) is 1. The van der Waals surface area contributed by atoms with Crippen LogP contribution in [0.25, 0.3) is 0 Å². The Morgan fingerprint density at radius 3 is 2.55 bits per heavy atom. The van der Waals surface area contributed by atoms with Crippen molar-refractivity contribution in [2.45, 2.75) is 38.8 Å². The number of benzene rings is 1. The number of nitrogens with zero attached hydrogens (tertiary/aromatic N) is 1. The first-order valence-electron chi connectivity index (χ1n) is 7.31. The molecule has 0 aromatic heterocycles. The Kier molecular flexibility index (Phi) is 4.76. The maximum atomic E-state index is 14.4. The second kappa shape index (κ2) is 6.19. The minimum Gasteiger partial charge on any atom is -0.311 e. The van der Waals surface area contributed by atoms with Gasteiger partial charge in [0.05, 0.1) is 6.54 Å². The van der Waals surface area contributed by atoms with Crippen molar-refractivity contribution < 1.29 is 8.78 Å². The van der Waals surface area contributed by atoms with Gasteiger partial charge in [0.2, 0.25) is 0 Å². The highest BCUT2D eigenvalue weighted by Gasteiger charge is 2.37. The Bertz CT molecular complexity index is 420. The molecule has 1 heterocycles. The Labute approximate surface area is 120 Å². The Balaban J connectivity index is 2.07. The van der Waals surface area contributed by atoms with Crippen LogP contribution in [-0.4, -0.2) is 36.6 Å². The summed E-state index contributed by atoms with van der Waals surface area (Å²) >= 11 is 0. The molecule has 2 rings (SSSR count). The van der Waals surface area contributed by atoms with Crippen LogP contribution in [0.2, 0.25) is 0 Å². The number of rotatable bonds is 4. The van der Waals surface area contributed by atoms with Crippen LogP contribution in [0.15, 0.2) is 30.3 Å². The molecule has 0 saturated carbocycles. The maximum absolute atomic E-state index is 14.4. The fraction of sp³-hybridized carbons (Fsp3) is 0.625. The standard InChI is InChI=1S/C16H24F2N2/c1-12(2)15-10-20(13(3)9-19-15)11-16(17,18)14-7-5-4-6-8-14/h4-8,12-13,15,19H,9-11H2,1-3H3. The molecule has 2 nitrogen and oxygen atoms in total. The number of nitrogens with one attached hydrogen (secondary N) is 1. The van der Waals surface area contributed by atoms with Gasteiger partial charge in [0.15, 0.2) is 0 Å². The molecule has 0 amide bonds. The average Bonchev–Trinajstić information content (AvgIpc) is 2.42. The van der Waals surface area contributed by atoms with Crippen LogP contribution < -0.4 is 5.32 Å². The molecular weight excluding hydrogens is 258 g/mol. The molecule has 112 valence electrons. The van der Waals surface area contributed by atoms with Gasteiger partial charge >= 0.3 is 0 Å². The first kappa shape index (κ1) is 15.4. The van der Waals surface area contributed by atoms with Crippen molar-refractivity contribution in [2.75, 3.05) is 19.6 Å². The second-order valence-corrected chi connectivity index (χ2v) is 6.11. The molecular formula is C16H24F2N2. The van der Waals surface area contributed by atoms with Crippen molar-refractivity contribution in [1.82, 2.24) is 10.2 Å². The molecule has 4 heteroatoms. The smallest absolute Gasteiger partial charge is 0.285 e. The Hall–Kier alpha value is -1.00. The molecule has 1 saturated heterocycles. The van der Waals surface area contributed by atoms with Crippen LogP contribution in [0.3, 0.4) is 0 Å². The number of alkyl halides is 2. The molecule has 1 aromatic rings. The summed E-state index contributed by atoms with van der Waals surface area (Å²) in [7, 11) is 0. The molecule has 0 bridgehead atoms. The number of hydrogen-bond acceptors (Lipinski definition) is 2. The van der Waals surface area contributed by atoms with E-state index in [1.807, 2.05) is 11.8 Å². The molecule has 2 atom stereocenters. The van der Waals surface area contributed by atoms with Gasteiger partial charge in [-0.2, -0.15) is 8.78 Å². The fourth-order valence-corrected chi connectivity index (χ4v) is 2.64. The molecule has 1 fully saturated rings. The van der Waals surface area contributed by atoms with Gasteiger partial charge in [0.25, 0.3) is 5.92 Å². The van der Waals surface area contributed by atoms with E-state index in [9.17, 15) is 8.78 Å². The van der Waals surface area contributed by atoms with Crippen molar-refractivity contribution in [3.05, 3.63) is 35.9 Å². The molecule has 1 N–H and O–H groups in total. The maximum Gasteiger partial charge on any atom is 0.285 e. The summed E-state index contributed by atoms with van der Waals surface area (Å²) < 4.78 is 28.8. The molecule has 1 aliphatic heterocycles. The Morgan fingerprint density at radius 2 is 1.95 bits per heavy atom.